The number of benzene rings is 2. The van der Waals surface area contributed by atoms with Gasteiger partial charge in [-0.3, -0.25) is 5.10 Å². The average molecular weight is 347 g/mol. The summed E-state index contributed by atoms with van der Waals surface area (Å²) in [6.45, 7) is 0. The summed E-state index contributed by atoms with van der Waals surface area (Å²) < 4.78 is 16.0. The van der Waals surface area contributed by atoms with Crippen LogP contribution >= 0.6 is 0 Å². The minimum Gasteiger partial charge on any atom is -0.262 e. The first-order chi connectivity index (χ1) is 12.8. The van der Waals surface area contributed by atoms with Crippen LogP contribution in [0.25, 0.3) is 28.0 Å². The van der Waals surface area contributed by atoms with Crippen LogP contribution in [0.1, 0.15) is 37.4 Å². The molecule has 5 nitrogen and oxygen atoms in total. The van der Waals surface area contributed by atoms with Crippen molar-refractivity contribution in [3.63, 3.8) is 0 Å². The quantitative estimate of drug-likeness (QED) is 0.589. The van der Waals surface area contributed by atoms with Crippen molar-refractivity contribution in [1.82, 2.24) is 25.0 Å². The SMILES string of the molecule is Fc1cc(-c2n[nH]c(C3CCCC3)n2)cc(-n2ncc3ccccc32)c1. The van der Waals surface area contributed by atoms with Crippen molar-refractivity contribution >= 4 is 10.9 Å². The molecule has 6 heteroatoms. The molecule has 0 radical (unpaired) electrons. The molecule has 1 fully saturated rings. The normalized spacial score (nSPS) is 15.1. The Balaban J connectivity index is 1.57. The van der Waals surface area contributed by atoms with Crippen molar-refractivity contribution in [3.8, 4) is 17.1 Å². The van der Waals surface area contributed by atoms with Crippen molar-refractivity contribution in [1.29, 1.82) is 0 Å². The molecule has 1 aliphatic rings. The van der Waals surface area contributed by atoms with Crippen LogP contribution in [-0.4, -0.2) is 25.0 Å². The zero-order valence-corrected chi connectivity index (χ0v) is 14.2. The molecule has 1 N–H and O–H groups in total. The fourth-order valence-corrected chi connectivity index (χ4v) is 3.79. The number of aromatic amines is 1. The van der Waals surface area contributed by atoms with E-state index in [1.54, 1.807) is 10.9 Å². The molecule has 2 aromatic heterocycles. The molecule has 130 valence electrons. The molecule has 0 spiro atoms. The fraction of sp³-hybridized carbons (Fsp3) is 0.250. The molecule has 2 heterocycles. The van der Waals surface area contributed by atoms with Gasteiger partial charge in [0.05, 0.1) is 17.4 Å². The van der Waals surface area contributed by atoms with Crippen molar-refractivity contribution in [2.75, 3.05) is 0 Å². The van der Waals surface area contributed by atoms with E-state index in [1.165, 1.54) is 25.0 Å². The molecule has 0 aliphatic heterocycles. The van der Waals surface area contributed by atoms with Gasteiger partial charge in [0.25, 0.3) is 0 Å². The number of rotatable bonds is 3. The van der Waals surface area contributed by atoms with E-state index in [1.807, 2.05) is 30.3 Å². The van der Waals surface area contributed by atoms with E-state index in [2.05, 4.69) is 20.3 Å². The highest BCUT2D eigenvalue weighted by Crippen LogP contribution is 2.33. The lowest BCUT2D eigenvalue weighted by molar-refractivity contribution is 0.626. The highest BCUT2D eigenvalue weighted by Gasteiger charge is 2.21. The van der Waals surface area contributed by atoms with Gasteiger partial charge >= 0.3 is 0 Å². The van der Waals surface area contributed by atoms with E-state index in [9.17, 15) is 4.39 Å². The monoisotopic (exact) mass is 347 g/mol. The maximum absolute atomic E-state index is 14.3. The zero-order chi connectivity index (χ0) is 17.5. The predicted octanol–water partition coefficient (Wildman–Crippen LogP) is 4.61. The number of para-hydroxylation sites is 1. The second kappa shape index (κ2) is 6.05. The van der Waals surface area contributed by atoms with Gasteiger partial charge in [0.15, 0.2) is 5.82 Å². The van der Waals surface area contributed by atoms with Crippen molar-refractivity contribution in [2.45, 2.75) is 31.6 Å². The smallest absolute Gasteiger partial charge is 0.181 e. The summed E-state index contributed by atoms with van der Waals surface area (Å²) in [7, 11) is 0. The van der Waals surface area contributed by atoms with E-state index in [0.717, 1.165) is 29.6 Å². The summed E-state index contributed by atoms with van der Waals surface area (Å²) in [5, 5.41) is 12.8. The van der Waals surface area contributed by atoms with Gasteiger partial charge in [-0.2, -0.15) is 10.2 Å². The Bertz CT molecular complexity index is 1070. The molecule has 0 bridgehead atoms. The molecule has 26 heavy (non-hydrogen) atoms. The van der Waals surface area contributed by atoms with Crippen LogP contribution in [0.15, 0.2) is 48.7 Å². The molecule has 5 rings (SSSR count). The summed E-state index contributed by atoms with van der Waals surface area (Å²) in [6, 6.07) is 12.7. The van der Waals surface area contributed by atoms with Crippen LogP contribution in [0.3, 0.4) is 0 Å². The number of nitrogens with one attached hydrogen (secondary N) is 1. The fourth-order valence-electron chi connectivity index (χ4n) is 3.79. The van der Waals surface area contributed by atoms with Gasteiger partial charge in [-0.25, -0.2) is 14.1 Å². The summed E-state index contributed by atoms with van der Waals surface area (Å²) in [5.74, 6) is 1.56. The van der Waals surface area contributed by atoms with E-state index in [-0.39, 0.29) is 5.82 Å². The Morgan fingerprint density at radius 2 is 1.92 bits per heavy atom. The lowest BCUT2D eigenvalue weighted by atomic mass is 10.1. The number of fused-ring (bicyclic) bond motifs is 1. The van der Waals surface area contributed by atoms with Gasteiger partial charge in [0.1, 0.15) is 11.6 Å². The van der Waals surface area contributed by atoms with Crippen LogP contribution in [0.5, 0.6) is 0 Å². The highest BCUT2D eigenvalue weighted by molar-refractivity contribution is 5.80. The van der Waals surface area contributed by atoms with Crippen molar-refractivity contribution < 1.29 is 4.39 Å². The Hall–Kier alpha value is -3.02. The maximum Gasteiger partial charge on any atom is 0.181 e. The number of hydrogen-bond acceptors (Lipinski definition) is 3. The zero-order valence-electron chi connectivity index (χ0n) is 14.2. The summed E-state index contributed by atoms with van der Waals surface area (Å²) in [5.41, 5.74) is 2.25. The number of aromatic nitrogens is 5. The molecule has 0 amide bonds. The first-order valence-electron chi connectivity index (χ1n) is 8.94. The van der Waals surface area contributed by atoms with Crippen LogP contribution in [0, 0.1) is 5.82 Å². The topological polar surface area (TPSA) is 59.4 Å². The minimum atomic E-state index is -0.329. The molecular weight excluding hydrogens is 329 g/mol. The molecule has 0 unspecified atom stereocenters. The molecule has 0 atom stereocenters. The summed E-state index contributed by atoms with van der Waals surface area (Å²) >= 11 is 0. The first-order valence-corrected chi connectivity index (χ1v) is 8.94. The second-order valence-electron chi connectivity index (χ2n) is 6.84. The first kappa shape index (κ1) is 15.3. The highest BCUT2D eigenvalue weighted by atomic mass is 19.1. The van der Waals surface area contributed by atoms with E-state index < -0.39 is 0 Å². The van der Waals surface area contributed by atoms with Gasteiger partial charge in [0, 0.05) is 16.9 Å². The standard InChI is InChI=1S/C20H18FN5/c21-16-9-15(20-23-19(24-25-20)13-5-1-2-6-13)10-17(11-16)26-18-8-4-3-7-14(18)12-22-26/h3-4,7-13H,1-2,5-6H2,(H,23,24,25). The van der Waals surface area contributed by atoms with E-state index >= 15 is 0 Å². The largest absolute Gasteiger partial charge is 0.262 e. The predicted molar refractivity (Wildman–Crippen MR) is 97.6 cm³/mol. The molecule has 4 aromatic rings. The number of hydrogen-bond donors (Lipinski definition) is 1. The second-order valence-corrected chi connectivity index (χ2v) is 6.84. The van der Waals surface area contributed by atoms with E-state index in [4.69, 9.17) is 0 Å². The van der Waals surface area contributed by atoms with Crippen LogP contribution < -0.4 is 0 Å². The van der Waals surface area contributed by atoms with Gasteiger partial charge in [-0.15, -0.1) is 0 Å². The summed E-state index contributed by atoms with van der Waals surface area (Å²) in [4.78, 5) is 4.63. The van der Waals surface area contributed by atoms with Crippen molar-refractivity contribution in [3.05, 3.63) is 60.3 Å². The van der Waals surface area contributed by atoms with Gasteiger partial charge in [-0.05, 0) is 37.1 Å². The molecule has 1 saturated carbocycles. The number of halogens is 1. The van der Waals surface area contributed by atoms with E-state index in [0.29, 0.717) is 23.0 Å². The van der Waals surface area contributed by atoms with Crippen LogP contribution in [-0.2, 0) is 0 Å². The minimum absolute atomic E-state index is 0.329. The molecule has 1 aliphatic carbocycles. The molecular formula is C20H18FN5. The number of nitrogens with zero attached hydrogens (tertiary/aromatic N) is 4. The molecule has 2 aromatic carbocycles. The summed E-state index contributed by atoms with van der Waals surface area (Å²) in [6.07, 6.45) is 6.53. The Morgan fingerprint density at radius 1 is 1.08 bits per heavy atom. The average Bonchev–Trinajstić information content (AvgIpc) is 3.39. The Labute approximate surface area is 149 Å². The van der Waals surface area contributed by atoms with Gasteiger partial charge in [-0.1, -0.05) is 31.0 Å². The Morgan fingerprint density at radius 3 is 2.81 bits per heavy atom. The van der Waals surface area contributed by atoms with Crippen LogP contribution in [0.4, 0.5) is 4.39 Å². The van der Waals surface area contributed by atoms with Gasteiger partial charge < -0.3 is 0 Å². The van der Waals surface area contributed by atoms with Crippen LogP contribution in [0.2, 0.25) is 0 Å². The Kier molecular flexibility index (Phi) is 3.55. The maximum atomic E-state index is 14.3. The van der Waals surface area contributed by atoms with Gasteiger partial charge in [0.2, 0.25) is 0 Å². The lowest BCUT2D eigenvalue weighted by Crippen LogP contribution is -1.98. The number of H-pyrrole nitrogens is 1. The third kappa shape index (κ3) is 2.58. The van der Waals surface area contributed by atoms with Crippen molar-refractivity contribution in [2.24, 2.45) is 0 Å². The third-order valence-corrected chi connectivity index (χ3v) is 5.11. The lowest BCUT2D eigenvalue weighted by Gasteiger charge is -2.06. The molecule has 0 saturated heterocycles. The third-order valence-electron chi connectivity index (χ3n) is 5.11.